The Morgan fingerprint density at radius 2 is 2.06 bits per heavy atom. The van der Waals surface area contributed by atoms with Gasteiger partial charge in [-0.25, -0.2) is 4.79 Å². The molecule has 0 N–H and O–H groups in total. The Morgan fingerprint density at radius 1 is 1.31 bits per heavy atom. The molecule has 0 saturated carbocycles. The lowest BCUT2D eigenvalue weighted by Gasteiger charge is -1.94. The van der Waals surface area contributed by atoms with Gasteiger partial charge < -0.3 is 4.42 Å². The second kappa shape index (κ2) is 5.12. The maximum Gasteiger partial charge on any atom is 0.437 e. The van der Waals surface area contributed by atoms with Crippen LogP contribution in [0.15, 0.2) is 39.5 Å². The third kappa shape index (κ3) is 2.61. The van der Waals surface area contributed by atoms with E-state index in [2.05, 4.69) is 21.0 Å². The molecule has 0 amide bonds. The molecule has 0 spiro atoms. The molecule has 1 aromatic heterocycles. The number of rotatable bonds is 4. The zero-order valence-corrected chi connectivity index (χ0v) is 10.2. The van der Waals surface area contributed by atoms with Gasteiger partial charge in [-0.15, -0.1) is 5.10 Å². The number of nitrogens with zero attached hydrogens (tertiary/aromatic N) is 2. The highest BCUT2D eigenvalue weighted by Gasteiger charge is 2.07. The van der Waals surface area contributed by atoms with Crippen molar-refractivity contribution in [1.82, 2.24) is 9.78 Å². The lowest BCUT2D eigenvalue weighted by molar-refractivity contribution is 0.456. The van der Waals surface area contributed by atoms with E-state index in [4.69, 9.17) is 4.42 Å². The van der Waals surface area contributed by atoms with Gasteiger partial charge in [0.25, 0.3) is 0 Å². The fourth-order valence-electron chi connectivity index (χ4n) is 1.41. The molecule has 0 aliphatic heterocycles. The van der Waals surface area contributed by atoms with Crippen LogP contribution in [-0.2, 0) is 13.0 Å². The van der Waals surface area contributed by atoms with Crippen molar-refractivity contribution in [1.29, 1.82) is 0 Å². The van der Waals surface area contributed by atoms with E-state index in [-0.39, 0.29) is 0 Å². The maximum absolute atomic E-state index is 11.3. The van der Waals surface area contributed by atoms with Gasteiger partial charge in [-0.05, 0) is 5.56 Å². The van der Waals surface area contributed by atoms with Gasteiger partial charge in [-0.1, -0.05) is 46.3 Å². The van der Waals surface area contributed by atoms with Crippen LogP contribution < -0.4 is 5.76 Å². The summed E-state index contributed by atoms with van der Waals surface area (Å²) < 4.78 is 6.37. The molecular formula is C11H11BrN2O2. The summed E-state index contributed by atoms with van der Waals surface area (Å²) in [5.74, 6) is 0.0579. The fourth-order valence-corrected chi connectivity index (χ4v) is 1.75. The Kier molecular flexibility index (Phi) is 3.56. The summed E-state index contributed by atoms with van der Waals surface area (Å²) in [6, 6.07) is 9.79. The molecule has 0 bridgehead atoms. The van der Waals surface area contributed by atoms with Crippen molar-refractivity contribution >= 4 is 15.9 Å². The molecule has 4 nitrogen and oxygen atoms in total. The molecule has 1 aromatic carbocycles. The fraction of sp³-hybridized carbons (Fsp3) is 0.273. The SMILES string of the molecule is O=c1oc(Cc2ccccc2)nn1CCBr. The second-order valence-corrected chi connectivity index (χ2v) is 4.13. The van der Waals surface area contributed by atoms with Crippen molar-refractivity contribution in [3.05, 3.63) is 52.3 Å². The minimum absolute atomic E-state index is 0.398. The van der Waals surface area contributed by atoms with Gasteiger partial charge in [-0.3, -0.25) is 0 Å². The minimum Gasteiger partial charge on any atom is -0.392 e. The predicted molar refractivity (Wildman–Crippen MR) is 63.8 cm³/mol. The summed E-state index contributed by atoms with van der Waals surface area (Å²) in [6.07, 6.45) is 0.547. The molecule has 0 unspecified atom stereocenters. The summed E-state index contributed by atoms with van der Waals surface area (Å²) in [7, 11) is 0. The monoisotopic (exact) mass is 282 g/mol. The smallest absolute Gasteiger partial charge is 0.392 e. The van der Waals surface area contributed by atoms with Crippen LogP contribution in [0.3, 0.4) is 0 Å². The topological polar surface area (TPSA) is 48.0 Å². The molecule has 84 valence electrons. The maximum atomic E-state index is 11.3. The first kappa shape index (κ1) is 11.1. The van der Waals surface area contributed by atoms with E-state index in [0.717, 1.165) is 5.56 Å². The van der Waals surface area contributed by atoms with Crippen LogP contribution in [0.25, 0.3) is 0 Å². The minimum atomic E-state index is -0.398. The summed E-state index contributed by atoms with van der Waals surface area (Å²) in [5, 5.41) is 4.79. The van der Waals surface area contributed by atoms with Crippen LogP contribution in [0.1, 0.15) is 11.5 Å². The highest BCUT2D eigenvalue weighted by Crippen LogP contribution is 2.05. The van der Waals surface area contributed by atoms with Crippen LogP contribution in [0, 0.1) is 0 Å². The molecule has 2 rings (SSSR count). The Balaban J connectivity index is 2.17. The van der Waals surface area contributed by atoms with Crippen molar-refractivity contribution < 1.29 is 4.42 Å². The van der Waals surface area contributed by atoms with E-state index in [0.29, 0.717) is 24.2 Å². The van der Waals surface area contributed by atoms with Gasteiger partial charge in [0.15, 0.2) is 0 Å². The summed E-state index contributed by atoms with van der Waals surface area (Å²) >= 11 is 3.25. The van der Waals surface area contributed by atoms with E-state index in [1.807, 2.05) is 30.3 Å². The summed E-state index contributed by atoms with van der Waals surface area (Å²) in [6.45, 7) is 0.525. The third-order valence-corrected chi connectivity index (χ3v) is 2.50. The summed E-state index contributed by atoms with van der Waals surface area (Å²) in [5.41, 5.74) is 1.08. The molecule has 0 fully saturated rings. The number of halogens is 1. The van der Waals surface area contributed by atoms with Crippen LogP contribution >= 0.6 is 15.9 Å². The Bertz CT molecular complexity index is 504. The van der Waals surface area contributed by atoms with Gasteiger partial charge in [0, 0.05) is 5.33 Å². The molecule has 0 aliphatic rings. The quantitative estimate of drug-likeness (QED) is 0.804. The van der Waals surface area contributed by atoms with Gasteiger partial charge in [-0.2, -0.15) is 4.68 Å². The Morgan fingerprint density at radius 3 is 2.75 bits per heavy atom. The second-order valence-electron chi connectivity index (χ2n) is 3.34. The largest absolute Gasteiger partial charge is 0.437 e. The van der Waals surface area contributed by atoms with Gasteiger partial charge in [0.1, 0.15) is 0 Å². The van der Waals surface area contributed by atoms with Crippen molar-refractivity contribution in [3.8, 4) is 0 Å². The van der Waals surface area contributed by atoms with Crippen molar-refractivity contribution in [2.24, 2.45) is 0 Å². The lowest BCUT2D eigenvalue weighted by Crippen LogP contribution is -2.16. The number of benzene rings is 1. The average molecular weight is 283 g/mol. The van der Waals surface area contributed by atoms with E-state index in [1.54, 1.807) is 0 Å². The van der Waals surface area contributed by atoms with E-state index >= 15 is 0 Å². The first-order valence-electron chi connectivity index (χ1n) is 4.96. The van der Waals surface area contributed by atoms with E-state index < -0.39 is 5.76 Å². The molecular weight excluding hydrogens is 272 g/mol. The highest BCUT2D eigenvalue weighted by atomic mass is 79.9. The van der Waals surface area contributed by atoms with Crippen molar-refractivity contribution in [2.75, 3.05) is 5.33 Å². The van der Waals surface area contributed by atoms with Gasteiger partial charge in [0.05, 0.1) is 13.0 Å². The van der Waals surface area contributed by atoms with Gasteiger partial charge in [0.2, 0.25) is 5.89 Å². The first-order chi connectivity index (χ1) is 7.79. The van der Waals surface area contributed by atoms with Crippen LogP contribution in [0.2, 0.25) is 0 Å². The molecule has 2 aromatic rings. The number of hydrogen-bond donors (Lipinski definition) is 0. The molecule has 16 heavy (non-hydrogen) atoms. The predicted octanol–water partition coefficient (Wildman–Crippen LogP) is 1.82. The molecule has 0 aliphatic carbocycles. The number of alkyl halides is 1. The van der Waals surface area contributed by atoms with Crippen LogP contribution in [0.4, 0.5) is 0 Å². The lowest BCUT2D eigenvalue weighted by atomic mass is 10.2. The number of aryl methyl sites for hydroxylation is 1. The normalized spacial score (nSPS) is 10.6. The van der Waals surface area contributed by atoms with Crippen LogP contribution in [0.5, 0.6) is 0 Å². The Labute approximate surface area is 101 Å². The zero-order valence-electron chi connectivity index (χ0n) is 8.60. The summed E-state index contributed by atoms with van der Waals surface area (Å²) in [4.78, 5) is 11.3. The average Bonchev–Trinajstić information content (AvgIpc) is 2.61. The zero-order chi connectivity index (χ0) is 11.4. The van der Waals surface area contributed by atoms with Crippen LogP contribution in [-0.4, -0.2) is 15.1 Å². The molecule has 0 radical (unpaired) electrons. The van der Waals surface area contributed by atoms with Gasteiger partial charge >= 0.3 is 5.76 Å². The molecule has 1 heterocycles. The molecule has 0 saturated heterocycles. The highest BCUT2D eigenvalue weighted by molar-refractivity contribution is 9.09. The number of aromatic nitrogens is 2. The third-order valence-electron chi connectivity index (χ3n) is 2.14. The van der Waals surface area contributed by atoms with E-state index in [9.17, 15) is 4.79 Å². The Hall–Kier alpha value is -1.36. The number of hydrogen-bond acceptors (Lipinski definition) is 3. The van der Waals surface area contributed by atoms with Crippen molar-refractivity contribution in [2.45, 2.75) is 13.0 Å². The van der Waals surface area contributed by atoms with E-state index in [1.165, 1.54) is 4.68 Å². The standard InChI is InChI=1S/C11H11BrN2O2/c12-6-7-14-11(15)16-10(13-14)8-9-4-2-1-3-5-9/h1-5H,6-8H2. The molecule has 0 atom stereocenters. The molecule has 5 heteroatoms. The first-order valence-corrected chi connectivity index (χ1v) is 6.08. The van der Waals surface area contributed by atoms with Crippen molar-refractivity contribution in [3.63, 3.8) is 0 Å².